The maximum absolute atomic E-state index is 10.7. The Morgan fingerprint density at radius 1 is 0.353 bits per heavy atom. The van der Waals surface area contributed by atoms with Gasteiger partial charge in [0.1, 0.15) is 0 Å². The number of benzene rings is 8. The van der Waals surface area contributed by atoms with E-state index in [1.165, 1.54) is 0 Å². The van der Waals surface area contributed by atoms with Gasteiger partial charge in [-0.3, -0.25) is 0 Å². The molecule has 0 fully saturated rings. The minimum absolute atomic E-state index is 0.451. The Morgan fingerprint density at radius 3 is 1.47 bits per heavy atom. The molecule has 0 aliphatic carbocycles. The van der Waals surface area contributed by atoms with Gasteiger partial charge in [-0.2, -0.15) is 15.8 Å². The Balaban J connectivity index is 1.22. The summed E-state index contributed by atoms with van der Waals surface area (Å²) < 4.78 is 2.20. The molecule has 0 saturated carbocycles. The molecule has 0 bridgehead atoms. The van der Waals surface area contributed by atoms with Crippen LogP contribution in [0.15, 0.2) is 158 Å². The van der Waals surface area contributed by atoms with E-state index in [1.54, 1.807) is 0 Å². The van der Waals surface area contributed by atoms with E-state index in [0.717, 1.165) is 76.9 Å². The van der Waals surface area contributed by atoms with Crippen molar-refractivity contribution in [3.05, 3.63) is 174 Å². The van der Waals surface area contributed by atoms with E-state index in [9.17, 15) is 15.8 Å². The zero-order valence-electron chi connectivity index (χ0n) is 27.3. The van der Waals surface area contributed by atoms with E-state index in [0.29, 0.717) is 22.3 Å². The smallest absolute Gasteiger partial charge is 0.0998 e. The number of fused-ring (bicyclic) bond motifs is 5. The molecule has 51 heavy (non-hydrogen) atoms. The summed E-state index contributed by atoms with van der Waals surface area (Å²) in [6, 6.07) is 60.1. The molecular weight excluding hydrogens is 621 g/mol. The predicted molar refractivity (Wildman–Crippen MR) is 206 cm³/mol. The van der Waals surface area contributed by atoms with Crippen molar-refractivity contribution in [2.75, 3.05) is 0 Å². The van der Waals surface area contributed by atoms with Crippen molar-refractivity contribution in [1.29, 1.82) is 15.8 Å². The maximum Gasteiger partial charge on any atom is 0.0998 e. The molecule has 8 aromatic carbocycles. The van der Waals surface area contributed by atoms with Gasteiger partial charge in [-0.25, -0.2) is 0 Å². The van der Waals surface area contributed by atoms with Gasteiger partial charge in [0.25, 0.3) is 0 Å². The van der Waals surface area contributed by atoms with Crippen molar-refractivity contribution in [2.24, 2.45) is 0 Å². The van der Waals surface area contributed by atoms with Crippen LogP contribution in [-0.2, 0) is 0 Å². The molecule has 0 amide bonds. The fraction of sp³-hybridized carbons (Fsp3) is 0. The minimum atomic E-state index is 0.451. The van der Waals surface area contributed by atoms with Crippen LogP contribution in [0.1, 0.15) is 16.7 Å². The fourth-order valence-corrected chi connectivity index (χ4v) is 7.69. The average molecular weight is 647 g/mol. The third-order valence-corrected chi connectivity index (χ3v) is 9.88. The van der Waals surface area contributed by atoms with Gasteiger partial charge in [0.05, 0.1) is 45.9 Å². The van der Waals surface area contributed by atoms with Crippen molar-refractivity contribution in [3.63, 3.8) is 0 Å². The van der Waals surface area contributed by atoms with Crippen molar-refractivity contribution in [1.82, 2.24) is 4.57 Å². The molecule has 0 aliphatic rings. The van der Waals surface area contributed by atoms with Crippen molar-refractivity contribution >= 4 is 43.4 Å². The third-order valence-electron chi connectivity index (χ3n) is 9.88. The lowest BCUT2D eigenvalue weighted by atomic mass is 9.82. The normalized spacial score (nSPS) is 11.1. The molecule has 1 heterocycles. The molecule has 0 spiro atoms. The van der Waals surface area contributed by atoms with Gasteiger partial charge in [0.2, 0.25) is 0 Å². The van der Waals surface area contributed by atoms with Crippen molar-refractivity contribution in [3.8, 4) is 57.3 Å². The highest BCUT2D eigenvalue weighted by Crippen LogP contribution is 2.46. The number of nitrogens with zero attached hydrogens (tertiary/aromatic N) is 4. The minimum Gasteiger partial charge on any atom is -0.309 e. The monoisotopic (exact) mass is 646 g/mol. The molecular formula is C47H26N4. The molecule has 0 atom stereocenters. The second kappa shape index (κ2) is 11.9. The molecule has 234 valence electrons. The molecule has 0 unspecified atom stereocenters. The Kier molecular flexibility index (Phi) is 6.93. The first-order valence-corrected chi connectivity index (χ1v) is 16.7. The van der Waals surface area contributed by atoms with Crippen molar-refractivity contribution in [2.45, 2.75) is 0 Å². The lowest BCUT2D eigenvalue weighted by molar-refractivity contribution is 1.18. The van der Waals surface area contributed by atoms with Gasteiger partial charge < -0.3 is 4.57 Å². The molecule has 0 saturated heterocycles. The van der Waals surface area contributed by atoms with E-state index in [2.05, 4.69) is 83.4 Å². The van der Waals surface area contributed by atoms with Gasteiger partial charge in [0.15, 0.2) is 0 Å². The van der Waals surface area contributed by atoms with Crippen LogP contribution < -0.4 is 0 Å². The molecule has 1 aromatic heterocycles. The maximum atomic E-state index is 10.7. The zero-order valence-corrected chi connectivity index (χ0v) is 27.3. The molecule has 0 radical (unpaired) electrons. The van der Waals surface area contributed by atoms with Gasteiger partial charge >= 0.3 is 0 Å². The zero-order chi connectivity index (χ0) is 34.5. The molecule has 0 N–H and O–H groups in total. The SMILES string of the molecule is N#Cc1ccc2c(c1)c1ccccc1n2-c1ccc(-c2cc(C#N)c(-c3c4ccccc4c(-c4ccccc4)c4ccccc34)c(C#N)c2)cc1. The number of aromatic nitrogens is 1. The van der Waals surface area contributed by atoms with Crippen LogP contribution in [0.25, 0.3) is 82.4 Å². The second-order valence-corrected chi connectivity index (χ2v) is 12.6. The fourth-order valence-electron chi connectivity index (χ4n) is 7.69. The largest absolute Gasteiger partial charge is 0.309 e. The molecule has 4 heteroatoms. The first-order chi connectivity index (χ1) is 25.2. The topological polar surface area (TPSA) is 76.3 Å². The standard InChI is InChI=1S/C47H26N4/c48-27-30-18-23-44-42(24-30)37-12-8-9-17-43(37)51(44)36-21-19-31(20-22-36)33-25-34(28-49)45(35(26-33)29-50)47-40-15-6-4-13-38(40)46(32-10-2-1-3-11-32)39-14-5-7-16-41(39)47/h1-26H. The molecule has 9 rings (SSSR count). The Hall–Kier alpha value is -7.45. The number of rotatable bonds is 4. The van der Waals surface area contributed by atoms with E-state index in [4.69, 9.17) is 0 Å². The number of nitriles is 3. The lowest BCUT2D eigenvalue weighted by Crippen LogP contribution is -1.97. The van der Waals surface area contributed by atoms with Gasteiger partial charge in [-0.15, -0.1) is 0 Å². The summed E-state index contributed by atoms with van der Waals surface area (Å²) in [5, 5.41) is 37.1. The summed E-state index contributed by atoms with van der Waals surface area (Å²) >= 11 is 0. The van der Waals surface area contributed by atoms with Crippen LogP contribution in [0.3, 0.4) is 0 Å². The predicted octanol–water partition coefficient (Wildman–Crippen LogP) is 11.7. The second-order valence-electron chi connectivity index (χ2n) is 12.6. The summed E-state index contributed by atoms with van der Waals surface area (Å²) in [5.41, 5.74) is 10.1. The Bertz CT molecular complexity index is 2890. The van der Waals surface area contributed by atoms with Crippen LogP contribution in [0.5, 0.6) is 0 Å². The number of hydrogen-bond donors (Lipinski definition) is 0. The Labute approximate surface area is 294 Å². The van der Waals surface area contributed by atoms with E-state index in [1.807, 2.05) is 97.1 Å². The first kappa shape index (κ1) is 29.7. The molecule has 9 aromatic rings. The van der Waals surface area contributed by atoms with Crippen LogP contribution >= 0.6 is 0 Å². The summed E-state index contributed by atoms with van der Waals surface area (Å²) in [7, 11) is 0. The van der Waals surface area contributed by atoms with Crippen LogP contribution in [-0.4, -0.2) is 4.57 Å². The highest BCUT2D eigenvalue weighted by Gasteiger charge is 2.22. The quantitative estimate of drug-likeness (QED) is 0.179. The van der Waals surface area contributed by atoms with E-state index < -0.39 is 0 Å². The summed E-state index contributed by atoms with van der Waals surface area (Å²) in [6.45, 7) is 0. The summed E-state index contributed by atoms with van der Waals surface area (Å²) in [6.07, 6.45) is 0. The van der Waals surface area contributed by atoms with Crippen molar-refractivity contribution < 1.29 is 0 Å². The Morgan fingerprint density at radius 2 is 0.882 bits per heavy atom. The molecule has 4 nitrogen and oxygen atoms in total. The first-order valence-electron chi connectivity index (χ1n) is 16.7. The summed E-state index contributed by atoms with van der Waals surface area (Å²) in [4.78, 5) is 0. The van der Waals surface area contributed by atoms with Crippen LogP contribution in [0, 0.1) is 34.0 Å². The van der Waals surface area contributed by atoms with Crippen LogP contribution in [0.2, 0.25) is 0 Å². The van der Waals surface area contributed by atoms with E-state index >= 15 is 0 Å². The molecule has 0 aliphatic heterocycles. The summed E-state index contributed by atoms with van der Waals surface area (Å²) in [5.74, 6) is 0. The van der Waals surface area contributed by atoms with Gasteiger partial charge in [0, 0.05) is 27.6 Å². The van der Waals surface area contributed by atoms with E-state index in [-0.39, 0.29) is 0 Å². The highest BCUT2D eigenvalue weighted by molar-refractivity contribution is 6.22. The highest BCUT2D eigenvalue weighted by atomic mass is 15.0. The third kappa shape index (κ3) is 4.66. The van der Waals surface area contributed by atoms with Gasteiger partial charge in [-0.1, -0.05) is 109 Å². The average Bonchev–Trinajstić information content (AvgIpc) is 3.53. The number of hydrogen-bond acceptors (Lipinski definition) is 3. The lowest BCUT2D eigenvalue weighted by Gasteiger charge is -2.19. The number of para-hydroxylation sites is 1. The van der Waals surface area contributed by atoms with Crippen LogP contribution in [0.4, 0.5) is 0 Å². The van der Waals surface area contributed by atoms with Gasteiger partial charge in [-0.05, 0) is 92.3 Å².